The third kappa shape index (κ3) is 7.99. The Morgan fingerprint density at radius 3 is 2.64 bits per heavy atom. The molecule has 0 bridgehead atoms. The van der Waals surface area contributed by atoms with Crippen molar-refractivity contribution in [2.75, 3.05) is 19.6 Å². The first-order valence-corrected chi connectivity index (χ1v) is 8.56. The van der Waals surface area contributed by atoms with Crippen molar-refractivity contribution in [3.05, 3.63) is 0 Å². The molecule has 3 atom stereocenters. The van der Waals surface area contributed by atoms with Crippen molar-refractivity contribution < 1.29 is 14.6 Å². The van der Waals surface area contributed by atoms with Crippen LogP contribution in [0.2, 0.25) is 0 Å². The topological polar surface area (TPSA) is 61.8 Å². The highest BCUT2D eigenvalue weighted by atomic mass is 16.6. The van der Waals surface area contributed by atoms with E-state index < -0.39 is 11.7 Å². The molecule has 0 heterocycles. The molecule has 22 heavy (non-hydrogen) atoms. The molecule has 1 aliphatic carbocycles. The molecule has 0 aromatic heterocycles. The van der Waals surface area contributed by atoms with Crippen LogP contribution in [0, 0.1) is 5.92 Å². The predicted molar refractivity (Wildman–Crippen MR) is 88.9 cm³/mol. The molecule has 3 unspecified atom stereocenters. The van der Waals surface area contributed by atoms with E-state index in [1.54, 1.807) is 11.8 Å². The molecule has 1 amide bonds. The van der Waals surface area contributed by atoms with Crippen molar-refractivity contribution in [3.8, 4) is 0 Å². The van der Waals surface area contributed by atoms with Gasteiger partial charge in [0.2, 0.25) is 0 Å². The molecule has 0 aromatic carbocycles. The van der Waals surface area contributed by atoms with Gasteiger partial charge in [0, 0.05) is 25.7 Å². The maximum atomic E-state index is 12.2. The minimum Gasteiger partial charge on any atom is -0.444 e. The van der Waals surface area contributed by atoms with E-state index in [0.29, 0.717) is 19.1 Å². The van der Waals surface area contributed by atoms with Crippen molar-refractivity contribution in [3.63, 3.8) is 0 Å². The maximum absolute atomic E-state index is 12.2. The van der Waals surface area contributed by atoms with Crippen LogP contribution in [0.3, 0.4) is 0 Å². The van der Waals surface area contributed by atoms with E-state index in [-0.39, 0.29) is 6.09 Å². The minimum absolute atomic E-state index is 0.303. The van der Waals surface area contributed by atoms with Crippen LogP contribution in [0.15, 0.2) is 0 Å². The second kappa shape index (κ2) is 8.73. The molecule has 0 spiro atoms. The number of hydrogen-bond acceptors (Lipinski definition) is 4. The number of aliphatic hydroxyl groups excluding tert-OH is 1. The number of rotatable bonds is 6. The smallest absolute Gasteiger partial charge is 0.410 e. The molecule has 1 rings (SSSR count). The SMILES string of the molecule is CC(O)CN(CCNC1CCCC(C)C1)C(=O)OC(C)(C)C. The molecule has 1 aliphatic rings. The van der Waals surface area contributed by atoms with E-state index in [1.807, 2.05) is 20.8 Å². The average Bonchev–Trinajstić information content (AvgIpc) is 2.35. The van der Waals surface area contributed by atoms with Crippen molar-refractivity contribution in [2.45, 2.75) is 78.0 Å². The van der Waals surface area contributed by atoms with Crippen LogP contribution >= 0.6 is 0 Å². The van der Waals surface area contributed by atoms with Gasteiger partial charge in [0.1, 0.15) is 5.60 Å². The summed E-state index contributed by atoms with van der Waals surface area (Å²) in [6.45, 7) is 11.2. The van der Waals surface area contributed by atoms with Gasteiger partial charge in [0.15, 0.2) is 0 Å². The lowest BCUT2D eigenvalue weighted by Gasteiger charge is -2.30. The van der Waals surface area contributed by atoms with Crippen molar-refractivity contribution in [1.82, 2.24) is 10.2 Å². The fourth-order valence-corrected chi connectivity index (χ4v) is 2.93. The summed E-state index contributed by atoms with van der Waals surface area (Å²) < 4.78 is 5.41. The Morgan fingerprint density at radius 1 is 1.41 bits per heavy atom. The summed E-state index contributed by atoms with van der Waals surface area (Å²) in [4.78, 5) is 13.8. The number of nitrogens with zero attached hydrogens (tertiary/aromatic N) is 1. The molecule has 5 nitrogen and oxygen atoms in total. The van der Waals surface area contributed by atoms with Crippen LogP contribution in [0.1, 0.15) is 60.3 Å². The van der Waals surface area contributed by atoms with E-state index in [2.05, 4.69) is 12.2 Å². The van der Waals surface area contributed by atoms with Gasteiger partial charge in [-0.25, -0.2) is 4.79 Å². The minimum atomic E-state index is -0.553. The van der Waals surface area contributed by atoms with Gasteiger partial charge in [0.05, 0.1) is 6.10 Å². The first kappa shape index (κ1) is 19.2. The summed E-state index contributed by atoms with van der Waals surface area (Å²) in [5.74, 6) is 0.783. The van der Waals surface area contributed by atoms with Crippen LogP contribution in [-0.2, 0) is 4.74 Å². The van der Waals surface area contributed by atoms with Crippen LogP contribution in [0.25, 0.3) is 0 Å². The Kier molecular flexibility index (Phi) is 7.63. The van der Waals surface area contributed by atoms with Gasteiger partial charge in [-0.05, 0) is 46.5 Å². The highest BCUT2D eigenvalue weighted by Gasteiger charge is 2.23. The zero-order valence-electron chi connectivity index (χ0n) is 14.9. The standard InChI is InChI=1S/C17H34N2O3/c1-13-7-6-8-15(11-13)18-9-10-19(12-14(2)20)16(21)22-17(3,4)5/h13-15,18,20H,6-12H2,1-5H3. The number of hydrogen-bond donors (Lipinski definition) is 2. The van der Waals surface area contributed by atoms with Gasteiger partial charge in [-0.1, -0.05) is 19.8 Å². The molecular formula is C17H34N2O3. The van der Waals surface area contributed by atoms with E-state index >= 15 is 0 Å². The van der Waals surface area contributed by atoms with Crippen LogP contribution in [0.4, 0.5) is 4.79 Å². The fourth-order valence-electron chi connectivity index (χ4n) is 2.93. The molecule has 0 aliphatic heterocycles. The number of amides is 1. The number of nitrogens with one attached hydrogen (secondary N) is 1. The fraction of sp³-hybridized carbons (Fsp3) is 0.941. The molecule has 130 valence electrons. The maximum Gasteiger partial charge on any atom is 0.410 e. The van der Waals surface area contributed by atoms with Crippen LogP contribution < -0.4 is 5.32 Å². The first-order valence-electron chi connectivity index (χ1n) is 8.56. The largest absolute Gasteiger partial charge is 0.444 e. The van der Waals surface area contributed by atoms with E-state index in [0.717, 1.165) is 12.5 Å². The first-order chi connectivity index (χ1) is 10.2. The molecule has 2 N–H and O–H groups in total. The van der Waals surface area contributed by atoms with Gasteiger partial charge < -0.3 is 20.1 Å². The third-order valence-electron chi connectivity index (χ3n) is 3.89. The van der Waals surface area contributed by atoms with Gasteiger partial charge in [0.25, 0.3) is 0 Å². The second-order valence-corrected chi connectivity index (χ2v) is 7.70. The van der Waals surface area contributed by atoms with Gasteiger partial charge in [-0.3, -0.25) is 0 Å². The molecule has 0 radical (unpaired) electrons. The summed E-state index contributed by atoms with van der Waals surface area (Å²) in [5, 5.41) is 13.1. The summed E-state index contributed by atoms with van der Waals surface area (Å²) >= 11 is 0. The lowest BCUT2D eigenvalue weighted by molar-refractivity contribution is 0.0162. The van der Waals surface area contributed by atoms with Crippen molar-refractivity contribution in [1.29, 1.82) is 0 Å². The molecule has 5 heteroatoms. The summed E-state index contributed by atoms with van der Waals surface area (Å²) in [7, 11) is 0. The zero-order chi connectivity index (χ0) is 16.8. The molecule has 1 saturated carbocycles. The van der Waals surface area contributed by atoms with Gasteiger partial charge >= 0.3 is 6.09 Å². The normalized spacial score (nSPS) is 23.9. The highest BCUT2D eigenvalue weighted by molar-refractivity contribution is 5.68. The summed E-state index contributed by atoms with van der Waals surface area (Å²) in [6.07, 6.45) is 4.12. The van der Waals surface area contributed by atoms with E-state index in [1.165, 1.54) is 25.7 Å². The van der Waals surface area contributed by atoms with Gasteiger partial charge in [-0.15, -0.1) is 0 Å². The Morgan fingerprint density at radius 2 is 2.09 bits per heavy atom. The van der Waals surface area contributed by atoms with Crippen LogP contribution in [-0.4, -0.2) is 53.5 Å². The van der Waals surface area contributed by atoms with Crippen molar-refractivity contribution >= 4 is 6.09 Å². The molecule has 1 fully saturated rings. The zero-order valence-corrected chi connectivity index (χ0v) is 14.9. The number of ether oxygens (including phenoxy) is 1. The number of carbonyl (C=O) groups excluding carboxylic acids is 1. The Balaban J connectivity index is 2.42. The number of aliphatic hydroxyl groups is 1. The summed E-state index contributed by atoms with van der Waals surface area (Å²) in [6, 6.07) is 0.552. The molecule has 0 saturated heterocycles. The monoisotopic (exact) mass is 314 g/mol. The quantitative estimate of drug-likeness (QED) is 0.791. The third-order valence-corrected chi connectivity index (χ3v) is 3.89. The lowest BCUT2D eigenvalue weighted by atomic mass is 9.87. The Bertz CT molecular complexity index is 339. The Labute approximate surface area is 135 Å². The molecular weight excluding hydrogens is 280 g/mol. The van der Waals surface area contributed by atoms with Crippen LogP contribution in [0.5, 0.6) is 0 Å². The number of carbonyl (C=O) groups is 1. The van der Waals surface area contributed by atoms with E-state index in [4.69, 9.17) is 4.74 Å². The Hall–Kier alpha value is -0.810. The van der Waals surface area contributed by atoms with Gasteiger partial charge in [-0.2, -0.15) is 0 Å². The predicted octanol–water partition coefficient (Wildman–Crippen LogP) is 2.77. The second-order valence-electron chi connectivity index (χ2n) is 7.70. The lowest BCUT2D eigenvalue weighted by Crippen LogP contribution is -2.45. The van der Waals surface area contributed by atoms with E-state index in [9.17, 15) is 9.90 Å². The molecule has 0 aromatic rings. The summed E-state index contributed by atoms with van der Waals surface area (Å²) in [5.41, 5.74) is -0.514. The van der Waals surface area contributed by atoms with Crippen molar-refractivity contribution in [2.24, 2.45) is 5.92 Å². The average molecular weight is 314 g/mol. The highest BCUT2D eigenvalue weighted by Crippen LogP contribution is 2.23.